The molecular formula is C17H16Cl2N4O4S. The number of benzene rings is 1. The van der Waals surface area contributed by atoms with Gasteiger partial charge in [0.2, 0.25) is 5.88 Å². The number of halogens is 2. The smallest absolute Gasteiger partial charge is 0.344 e. The standard InChI is InChI=1S/C17H16Cl2N4O4S/c1-7-14(15-21-20-9(3)28-15)16(23(4)22-7)27-13-6-12(10(18)5-11(13)19)26-8(2)17(24)25/h5-6,8H,1-4H3,(H,24,25)/t8-/m0/s1. The van der Waals surface area contributed by atoms with Gasteiger partial charge >= 0.3 is 5.97 Å². The number of aliphatic carboxylic acids is 1. The molecule has 3 aromatic rings. The van der Waals surface area contributed by atoms with Crippen molar-refractivity contribution in [3.8, 4) is 28.0 Å². The third-order valence-electron chi connectivity index (χ3n) is 3.75. The molecule has 0 unspecified atom stereocenters. The first-order valence-electron chi connectivity index (χ1n) is 8.07. The molecule has 0 bridgehead atoms. The quantitative estimate of drug-likeness (QED) is 0.599. The molecule has 1 N–H and O–H groups in total. The van der Waals surface area contributed by atoms with E-state index in [0.717, 1.165) is 10.7 Å². The maximum absolute atomic E-state index is 11.1. The Bertz CT molecular complexity index is 1050. The van der Waals surface area contributed by atoms with Gasteiger partial charge in [-0.05, 0) is 26.8 Å². The predicted octanol–water partition coefficient (Wildman–Crippen LogP) is 4.51. The Morgan fingerprint density at radius 3 is 2.50 bits per heavy atom. The van der Waals surface area contributed by atoms with E-state index in [9.17, 15) is 4.79 Å². The first kappa shape index (κ1) is 20.4. The minimum absolute atomic E-state index is 0.142. The average Bonchev–Trinajstić information content (AvgIpc) is 3.14. The van der Waals surface area contributed by atoms with Gasteiger partial charge in [-0.2, -0.15) is 5.10 Å². The highest BCUT2D eigenvalue weighted by atomic mass is 35.5. The molecular weight excluding hydrogens is 427 g/mol. The fourth-order valence-corrected chi connectivity index (χ4v) is 3.67. The molecule has 148 valence electrons. The van der Waals surface area contributed by atoms with Crippen LogP contribution in [-0.4, -0.2) is 37.2 Å². The van der Waals surface area contributed by atoms with Crippen molar-refractivity contribution >= 4 is 40.5 Å². The number of carbonyl (C=O) groups is 1. The summed E-state index contributed by atoms with van der Waals surface area (Å²) in [4.78, 5) is 11.1. The van der Waals surface area contributed by atoms with Crippen molar-refractivity contribution in [2.75, 3.05) is 0 Å². The zero-order chi connectivity index (χ0) is 20.6. The van der Waals surface area contributed by atoms with Crippen LogP contribution in [0.2, 0.25) is 10.0 Å². The van der Waals surface area contributed by atoms with Gasteiger partial charge in [-0.3, -0.25) is 0 Å². The van der Waals surface area contributed by atoms with E-state index >= 15 is 0 Å². The normalized spacial score (nSPS) is 12.1. The lowest BCUT2D eigenvalue weighted by Gasteiger charge is -2.15. The maximum Gasteiger partial charge on any atom is 0.344 e. The first-order valence-corrected chi connectivity index (χ1v) is 9.65. The van der Waals surface area contributed by atoms with Gasteiger partial charge in [-0.1, -0.05) is 34.5 Å². The highest BCUT2D eigenvalue weighted by Gasteiger charge is 2.23. The van der Waals surface area contributed by atoms with Crippen LogP contribution in [0, 0.1) is 13.8 Å². The number of hydrogen-bond acceptors (Lipinski definition) is 7. The fraction of sp³-hybridized carbons (Fsp3) is 0.294. The maximum atomic E-state index is 11.1. The van der Waals surface area contributed by atoms with Crippen molar-refractivity contribution in [2.45, 2.75) is 26.9 Å². The lowest BCUT2D eigenvalue weighted by Crippen LogP contribution is -2.23. The molecule has 0 fully saturated rings. The number of aromatic nitrogens is 4. The van der Waals surface area contributed by atoms with Gasteiger partial charge in [0.1, 0.15) is 10.8 Å². The molecule has 1 aromatic carbocycles. The Hall–Kier alpha value is -2.36. The molecule has 8 nitrogen and oxygen atoms in total. The summed E-state index contributed by atoms with van der Waals surface area (Å²) in [7, 11) is 1.73. The molecule has 3 rings (SSSR count). The number of carboxylic acid groups (broad SMARTS) is 1. The van der Waals surface area contributed by atoms with E-state index in [1.54, 1.807) is 11.7 Å². The monoisotopic (exact) mass is 442 g/mol. The molecule has 0 spiro atoms. The van der Waals surface area contributed by atoms with Gasteiger partial charge in [0, 0.05) is 13.1 Å². The van der Waals surface area contributed by atoms with Crippen molar-refractivity contribution in [2.24, 2.45) is 7.05 Å². The van der Waals surface area contributed by atoms with Crippen molar-refractivity contribution in [1.82, 2.24) is 20.0 Å². The second kappa shape index (κ2) is 7.94. The van der Waals surface area contributed by atoms with Gasteiger partial charge in [0.05, 0.1) is 21.3 Å². The number of aryl methyl sites for hydroxylation is 3. The summed E-state index contributed by atoms with van der Waals surface area (Å²) in [6.07, 6.45) is -1.09. The third kappa shape index (κ3) is 4.06. The van der Waals surface area contributed by atoms with E-state index in [0.29, 0.717) is 16.5 Å². The lowest BCUT2D eigenvalue weighted by molar-refractivity contribution is -0.144. The second-order valence-corrected chi connectivity index (χ2v) is 7.92. The van der Waals surface area contributed by atoms with E-state index in [2.05, 4.69) is 15.3 Å². The summed E-state index contributed by atoms with van der Waals surface area (Å²) >= 11 is 13.8. The molecule has 0 radical (unpaired) electrons. The zero-order valence-electron chi connectivity index (χ0n) is 15.4. The number of nitrogens with zero attached hydrogens (tertiary/aromatic N) is 4. The van der Waals surface area contributed by atoms with E-state index in [1.165, 1.54) is 30.4 Å². The summed E-state index contributed by atoms with van der Waals surface area (Å²) in [6.45, 7) is 5.09. The second-order valence-electron chi connectivity index (χ2n) is 5.93. The molecule has 2 aromatic heterocycles. The average molecular weight is 443 g/mol. The third-order valence-corrected chi connectivity index (χ3v) is 5.20. The number of carboxylic acids is 1. The van der Waals surface area contributed by atoms with Crippen LogP contribution >= 0.6 is 34.5 Å². The van der Waals surface area contributed by atoms with Gasteiger partial charge in [0.25, 0.3) is 0 Å². The lowest BCUT2D eigenvalue weighted by atomic mass is 10.2. The van der Waals surface area contributed by atoms with E-state index < -0.39 is 12.1 Å². The van der Waals surface area contributed by atoms with E-state index in [1.807, 2.05) is 13.8 Å². The number of ether oxygens (including phenoxy) is 2. The highest BCUT2D eigenvalue weighted by Crippen LogP contribution is 2.42. The number of hydrogen-bond donors (Lipinski definition) is 1. The van der Waals surface area contributed by atoms with Gasteiger partial charge in [0.15, 0.2) is 16.9 Å². The topological polar surface area (TPSA) is 99.4 Å². The highest BCUT2D eigenvalue weighted by molar-refractivity contribution is 7.14. The van der Waals surface area contributed by atoms with Crippen LogP contribution in [-0.2, 0) is 11.8 Å². The first-order chi connectivity index (χ1) is 13.2. The molecule has 11 heteroatoms. The largest absolute Gasteiger partial charge is 0.479 e. The van der Waals surface area contributed by atoms with Crippen LogP contribution in [0.25, 0.3) is 10.6 Å². The Morgan fingerprint density at radius 1 is 1.21 bits per heavy atom. The predicted molar refractivity (Wildman–Crippen MR) is 106 cm³/mol. The minimum atomic E-state index is -1.12. The molecule has 0 aliphatic rings. The SMILES string of the molecule is Cc1nnc(-c2c(C)nn(C)c2Oc2cc(O[C@@H](C)C(=O)O)c(Cl)cc2Cl)s1. The Balaban J connectivity index is 2.02. The van der Waals surface area contributed by atoms with Crippen molar-refractivity contribution in [1.29, 1.82) is 0 Å². The van der Waals surface area contributed by atoms with Crippen molar-refractivity contribution in [3.05, 3.63) is 32.9 Å². The summed E-state index contributed by atoms with van der Waals surface area (Å²) < 4.78 is 13.0. The van der Waals surface area contributed by atoms with E-state index in [-0.39, 0.29) is 21.5 Å². The van der Waals surface area contributed by atoms with Crippen LogP contribution in [0.4, 0.5) is 0 Å². The molecule has 0 saturated heterocycles. The number of rotatable bonds is 6. The molecule has 1 atom stereocenters. The molecule has 0 aliphatic heterocycles. The summed E-state index contributed by atoms with van der Waals surface area (Å²) in [6, 6.07) is 2.88. The van der Waals surface area contributed by atoms with Crippen molar-refractivity contribution in [3.63, 3.8) is 0 Å². The van der Waals surface area contributed by atoms with Crippen LogP contribution in [0.3, 0.4) is 0 Å². The van der Waals surface area contributed by atoms with Gasteiger partial charge < -0.3 is 14.6 Å². The van der Waals surface area contributed by atoms with Crippen LogP contribution < -0.4 is 9.47 Å². The van der Waals surface area contributed by atoms with Crippen LogP contribution in [0.1, 0.15) is 17.6 Å². The van der Waals surface area contributed by atoms with Crippen LogP contribution in [0.5, 0.6) is 17.4 Å². The van der Waals surface area contributed by atoms with Gasteiger partial charge in [-0.15, -0.1) is 10.2 Å². The Labute approximate surface area is 174 Å². The Kier molecular flexibility index (Phi) is 5.78. The summed E-state index contributed by atoms with van der Waals surface area (Å²) in [5.41, 5.74) is 1.41. The molecule has 0 aliphatic carbocycles. The molecule has 28 heavy (non-hydrogen) atoms. The van der Waals surface area contributed by atoms with E-state index in [4.69, 9.17) is 37.8 Å². The summed E-state index contributed by atoms with van der Waals surface area (Å²) in [5.74, 6) is -0.327. The minimum Gasteiger partial charge on any atom is -0.479 e. The Morgan fingerprint density at radius 2 is 1.89 bits per heavy atom. The van der Waals surface area contributed by atoms with Crippen LogP contribution in [0.15, 0.2) is 12.1 Å². The van der Waals surface area contributed by atoms with Gasteiger partial charge in [-0.25, -0.2) is 9.48 Å². The van der Waals surface area contributed by atoms with Crippen molar-refractivity contribution < 1.29 is 19.4 Å². The molecule has 2 heterocycles. The zero-order valence-corrected chi connectivity index (χ0v) is 17.7. The summed E-state index contributed by atoms with van der Waals surface area (Å²) in [5, 5.41) is 23.5. The fourth-order valence-electron chi connectivity index (χ4n) is 2.42. The molecule has 0 saturated carbocycles. The molecule has 0 amide bonds.